The van der Waals surface area contributed by atoms with E-state index in [9.17, 15) is 9.59 Å². The van der Waals surface area contributed by atoms with E-state index in [0.717, 1.165) is 11.1 Å². The number of carbonyl (C=O) groups is 2. The highest BCUT2D eigenvalue weighted by Crippen LogP contribution is 2.33. The summed E-state index contributed by atoms with van der Waals surface area (Å²) in [6, 6.07) is 12.5. The lowest BCUT2D eigenvalue weighted by molar-refractivity contribution is -0.137. The molecule has 0 aromatic heterocycles. The van der Waals surface area contributed by atoms with Gasteiger partial charge in [-0.1, -0.05) is 65.4 Å². The van der Waals surface area contributed by atoms with Gasteiger partial charge in [-0.15, -0.1) is 0 Å². The number of carboxylic acid groups (broad SMARTS) is 1. The largest absolute Gasteiger partial charge is 0.489 e. The lowest BCUT2D eigenvalue weighted by atomic mass is 10.2. The molecule has 1 heterocycles. The van der Waals surface area contributed by atoms with Gasteiger partial charge in [0, 0.05) is 28.6 Å². The molecule has 5 nitrogen and oxygen atoms in total. The van der Waals surface area contributed by atoms with Crippen LogP contribution in [-0.4, -0.2) is 32.7 Å². The molecule has 9 heteroatoms. The van der Waals surface area contributed by atoms with E-state index < -0.39 is 5.97 Å². The molecule has 2 aromatic carbocycles. The van der Waals surface area contributed by atoms with Crippen molar-refractivity contribution in [2.75, 3.05) is 6.54 Å². The van der Waals surface area contributed by atoms with Gasteiger partial charge in [0.1, 0.15) is 16.7 Å². The van der Waals surface area contributed by atoms with Gasteiger partial charge < -0.3 is 9.84 Å². The van der Waals surface area contributed by atoms with Crippen LogP contribution in [0.5, 0.6) is 5.75 Å². The number of thiocarbonyl (C=S) groups is 1. The summed E-state index contributed by atoms with van der Waals surface area (Å²) < 4.78 is 6.20. The molecule has 2 aromatic rings. The highest BCUT2D eigenvalue weighted by atomic mass is 35.5. The predicted molar refractivity (Wildman–Crippen MR) is 124 cm³/mol. The first kappa shape index (κ1) is 22.6. The Morgan fingerprint density at radius 1 is 1.17 bits per heavy atom. The maximum absolute atomic E-state index is 12.5. The topological polar surface area (TPSA) is 66.8 Å². The van der Waals surface area contributed by atoms with Crippen LogP contribution in [0.3, 0.4) is 0 Å². The Labute approximate surface area is 193 Å². The second-order valence-corrected chi connectivity index (χ2v) is 8.88. The molecular weight excluding hydrogens is 465 g/mol. The quantitative estimate of drug-likeness (QED) is 0.388. The summed E-state index contributed by atoms with van der Waals surface area (Å²) in [5.74, 6) is -0.455. The minimum absolute atomic E-state index is 0.00300. The van der Waals surface area contributed by atoms with Crippen molar-refractivity contribution in [3.05, 3.63) is 68.5 Å². The summed E-state index contributed by atoms with van der Waals surface area (Å²) in [5.41, 5.74) is 1.54. The lowest BCUT2D eigenvalue weighted by Crippen LogP contribution is -2.29. The molecule has 30 heavy (non-hydrogen) atoms. The Morgan fingerprint density at radius 2 is 1.83 bits per heavy atom. The van der Waals surface area contributed by atoms with Gasteiger partial charge >= 0.3 is 5.97 Å². The predicted octanol–water partition coefficient (Wildman–Crippen LogP) is 5.64. The van der Waals surface area contributed by atoms with Crippen LogP contribution in [0, 0.1) is 0 Å². The number of carbonyl (C=O) groups excluding carboxylic acids is 1. The van der Waals surface area contributed by atoms with Gasteiger partial charge in [-0.25, -0.2) is 0 Å². The molecule has 1 fully saturated rings. The number of hydrogen-bond donors (Lipinski definition) is 1. The van der Waals surface area contributed by atoms with Crippen molar-refractivity contribution < 1.29 is 19.4 Å². The van der Waals surface area contributed by atoms with Crippen LogP contribution in [0.15, 0.2) is 47.4 Å². The monoisotopic (exact) mass is 481 g/mol. The zero-order valence-corrected chi connectivity index (χ0v) is 18.8. The molecule has 156 valence electrons. The summed E-state index contributed by atoms with van der Waals surface area (Å²) in [6.07, 6.45) is 2.11. The first-order valence-electron chi connectivity index (χ1n) is 8.98. The van der Waals surface area contributed by atoms with Gasteiger partial charge in [0.2, 0.25) is 0 Å². The summed E-state index contributed by atoms with van der Waals surface area (Å²) >= 11 is 18.8. The molecule has 1 aliphatic rings. The zero-order valence-electron chi connectivity index (χ0n) is 15.6. The molecule has 0 saturated carbocycles. The molecular formula is C21H17Cl2NO4S2. The second-order valence-electron chi connectivity index (χ2n) is 6.39. The van der Waals surface area contributed by atoms with Crippen molar-refractivity contribution in [2.24, 2.45) is 0 Å². The summed E-state index contributed by atoms with van der Waals surface area (Å²) in [4.78, 5) is 25.1. The minimum Gasteiger partial charge on any atom is -0.489 e. The Balaban J connectivity index is 1.62. The molecule has 1 aliphatic heterocycles. The number of rotatable bonds is 8. The molecule has 3 rings (SSSR count). The van der Waals surface area contributed by atoms with Crippen molar-refractivity contribution in [3.63, 3.8) is 0 Å². The number of thioether (sulfide) groups is 1. The van der Waals surface area contributed by atoms with Crippen LogP contribution in [-0.2, 0) is 16.2 Å². The number of ether oxygens (including phenoxy) is 1. The zero-order chi connectivity index (χ0) is 21.7. The van der Waals surface area contributed by atoms with Crippen molar-refractivity contribution in [1.29, 1.82) is 0 Å². The molecule has 1 amide bonds. The van der Waals surface area contributed by atoms with Crippen molar-refractivity contribution >= 4 is 69.5 Å². The number of nitrogens with zero attached hydrogens (tertiary/aromatic N) is 1. The molecule has 0 aliphatic carbocycles. The van der Waals surface area contributed by atoms with Crippen LogP contribution in [0.2, 0.25) is 10.0 Å². The molecule has 1 N–H and O–H groups in total. The lowest BCUT2D eigenvalue weighted by Gasteiger charge is -2.13. The summed E-state index contributed by atoms with van der Waals surface area (Å²) in [5, 5.41) is 9.83. The van der Waals surface area contributed by atoms with Crippen molar-refractivity contribution in [3.8, 4) is 5.75 Å². The van der Waals surface area contributed by atoms with Crippen LogP contribution >= 0.6 is 47.2 Å². The van der Waals surface area contributed by atoms with E-state index in [1.54, 1.807) is 36.4 Å². The summed E-state index contributed by atoms with van der Waals surface area (Å²) in [6.45, 7) is 0.540. The highest BCUT2D eigenvalue weighted by molar-refractivity contribution is 8.26. The Hall–Kier alpha value is -2.06. The average molecular weight is 482 g/mol. The fourth-order valence-corrected chi connectivity index (χ4v) is 4.53. The number of aliphatic carboxylic acids is 1. The third-order valence-corrected chi connectivity index (χ3v) is 6.35. The standard InChI is InChI=1S/C21H17Cl2NO4S2/c22-16-3-1-4-17(23)15(16)12-28-14-8-6-13(7-9-14)11-18-20(27)24(21(29)30-18)10-2-5-19(25)26/h1,3-4,6-9,11H,2,5,10,12H2,(H,25,26)/b18-11-. The van der Waals surface area contributed by atoms with Crippen LogP contribution in [0.4, 0.5) is 0 Å². The van der Waals surface area contributed by atoms with E-state index in [2.05, 4.69) is 0 Å². The first-order chi connectivity index (χ1) is 14.3. The Morgan fingerprint density at radius 3 is 2.47 bits per heavy atom. The van der Waals surface area contributed by atoms with Gasteiger partial charge in [-0.3, -0.25) is 14.5 Å². The Bertz CT molecular complexity index is 988. The first-order valence-corrected chi connectivity index (χ1v) is 11.0. The maximum Gasteiger partial charge on any atom is 0.303 e. The molecule has 0 radical (unpaired) electrons. The molecule has 1 saturated heterocycles. The van der Waals surface area contributed by atoms with Gasteiger partial charge in [0.15, 0.2) is 0 Å². The highest BCUT2D eigenvalue weighted by Gasteiger charge is 2.31. The van der Waals surface area contributed by atoms with E-state index in [4.69, 9.17) is 45.3 Å². The average Bonchev–Trinajstić information content (AvgIpc) is 2.96. The number of halogens is 2. The number of amides is 1. The van der Waals surface area contributed by atoms with Crippen LogP contribution in [0.1, 0.15) is 24.0 Å². The van der Waals surface area contributed by atoms with E-state index in [0.29, 0.717) is 38.0 Å². The fourth-order valence-electron chi connectivity index (χ4n) is 2.72. The maximum atomic E-state index is 12.5. The van der Waals surface area contributed by atoms with E-state index >= 15 is 0 Å². The van der Waals surface area contributed by atoms with E-state index in [1.807, 2.05) is 12.1 Å². The van der Waals surface area contributed by atoms with E-state index in [1.165, 1.54) is 16.7 Å². The fraction of sp³-hybridized carbons (Fsp3) is 0.190. The van der Waals surface area contributed by atoms with Crippen molar-refractivity contribution in [2.45, 2.75) is 19.4 Å². The van der Waals surface area contributed by atoms with Crippen molar-refractivity contribution in [1.82, 2.24) is 4.90 Å². The number of hydrogen-bond acceptors (Lipinski definition) is 5. The van der Waals surface area contributed by atoms with E-state index in [-0.39, 0.29) is 18.9 Å². The second kappa shape index (κ2) is 10.3. The van der Waals surface area contributed by atoms with Crippen LogP contribution in [0.25, 0.3) is 6.08 Å². The molecule has 0 spiro atoms. The Kier molecular flexibility index (Phi) is 7.77. The third-order valence-electron chi connectivity index (χ3n) is 4.27. The number of carboxylic acids is 1. The smallest absolute Gasteiger partial charge is 0.303 e. The molecule has 0 bridgehead atoms. The third kappa shape index (κ3) is 5.76. The number of benzene rings is 2. The summed E-state index contributed by atoms with van der Waals surface area (Å²) in [7, 11) is 0. The van der Waals surface area contributed by atoms with Gasteiger partial charge in [0.05, 0.1) is 4.91 Å². The van der Waals surface area contributed by atoms with Gasteiger partial charge in [0.25, 0.3) is 5.91 Å². The normalized spacial score (nSPS) is 15.1. The molecule has 0 atom stereocenters. The van der Waals surface area contributed by atoms with Gasteiger partial charge in [-0.05, 0) is 42.3 Å². The van der Waals surface area contributed by atoms with Crippen LogP contribution < -0.4 is 4.74 Å². The SMILES string of the molecule is O=C(O)CCCN1C(=O)/C(=C/c2ccc(OCc3c(Cl)cccc3Cl)cc2)SC1=S. The van der Waals surface area contributed by atoms with Gasteiger partial charge in [-0.2, -0.15) is 0 Å². The molecule has 0 unspecified atom stereocenters. The minimum atomic E-state index is -0.893.